The van der Waals surface area contributed by atoms with Crippen LogP contribution in [0.4, 0.5) is 4.39 Å². The summed E-state index contributed by atoms with van der Waals surface area (Å²) < 4.78 is 19.1. The first-order valence-corrected chi connectivity index (χ1v) is 10.9. The van der Waals surface area contributed by atoms with E-state index in [1.165, 1.54) is 19.2 Å². The fraction of sp³-hybridized carbons (Fsp3) is 0.192. The van der Waals surface area contributed by atoms with Crippen LogP contribution >= 0.6 is 11.6 Å². The maximum Gasteiger partial charge on any atom is 0.200 e. The zero-order chi connectivity index (χ0) is 23.3. The van der Waals surface area contributed by atoms with Crippen molar-refractivity contribution in [2.24, 2.45) is 0 Å². The molecule has 0 bridgehead atoms. The minimum Gasteiger partial charge on any atom is -0.494 e. The highest BCUT2D eigenvalue weighted by Gasteiger charge is 2.43. The number of ketones is 1. The number of hydrogen-bond acceptors (Lipinski definition) is 4. The van der Waals surface area contributed by atoms with Gasteiger partial charge in [-0.05, 0) is 54.3 Å². The minimum absolute atomic E-state index is 0.0291. The third-order valence-corrected chi connectivity index (χ3v) is 6.78. The number of aliphatic hydroxyl groups is 1. The number of fused-ring (bicyclic) bond motifs is 1. The number of methoxy groups -OCH3 is 1. The second-order valence-electron chi connectivity index (χ2n) is 8.42. The van der Waals surface area contributed by atoms with Gasteiger partial charge in [-0.2, -0.15) is 0 Å². The molecular weight excluding hydrogens is 445 g/mol. The lowest BCUT2D eigenvalue weighted by Crippen LogP contribution is -2.11. The molecule has 4 aromatic rings. The molecule has 0 aliphatic heterocycles. The summed E-state index contributed by atoms with van der Waals surface area (Å²) in [5, 5.41) is 21.1. The first-order chi connectivity index (χ1) is 15.9. The Kier molecular flexibility index (Phi) is 5.15. The molecule has 3 N–H and O–H groups in total. The largest absolute Gasteiger partial charge is 0.494 e. The highest BCUT2D eigenvalue weighted by molar-refractivity contribution is 6.34. The molecule has 168 valence electrons. The van der Waals surface area contributed by atoms with Gasteiger partial charge in [0.25, 0.3) is 0 Å². The van der Waals surface area contributed by atoms with Crippen LogP contribution in [-0.4, -0.2) is 34.7 Å². The molecule has 33 heavy (non-hydrogen) atoms. The molecule has 1 aliphatic rings. The molecule has 0 radical (unpaired) electrons. The summed E-state index contributed by atoms with van der Waals surface area (Å²) in [6.07, 6.45) is 1.94. The van der Waals surface area contributed by atoms with Gasteiger partial charge in [0.2, 0.25) is 5.88 Å². The summed E-state index contributed by atoms with van der Waals surface area (Å²) in [6.45, 7) is 0.124. The van der Waals surface area contributed by atoms with E-state index in [1.807, 2.05) is 24.3 Å². The van der Waals surface area contributed by atoms with Crippen molar-refractivity contribution >= 4 is 28.3 Å². The molecule has 7 heteroatoms. The zero-order valence-corrected chi connectivity index (χ0v) is 18.5. The number of benzene rings is 3. The number of carbonyl (C=O) groups is 1. The van der Waals surface area contributed by atoms with Crippen molar-refractivity contribution in [1.82, 2.24) is 4.98 Å². The van der Waals surface area contributed by atoms with Crippen LogP contribution in [-0.2, 0) is 5.41 Å². The van der Waals surface area contributed by atoms with Crippen LogP contribution in [0.3, 0.4) is 0 Å². The van der Waals surface area contributed by atoms with E-state index in [1.54, 1.807) is 12.1 Å². The molecule has 5 nitrogen and oxygen atoms in total. The van der Waals surface area contributed by atoms with Crippen LogP contribution < -0.4 is 4.74 Å². The number of halogens is 2. The van der Waals surface area contributed by atoms with E-state index in [0.717, 1.165) is 30.0 Å². The number of H-pyrrole nitrogens is 1. The highest BCUT2D eigenvalue weighted by atomic mass is 35.5. The number of carbonyl (C=O) groups excluding carboxylic acids is 1. The number of rotatable bonds is 6. The molecule has 1 heterocycles. The number of nitrogens with one attached hydrogen (secondary N) is 1. The fourth-order valence-electron chi connectivity index (χ4n) is 4.30. The normalized spacial score (nSPS) is 14.4. The molecule has 0 atom stereocenters. The summed E-state index contributed by atoms with van der Waals surface area (Å²) in [4.78, 5) is 16.0. The van der Waals surface area contributed by atoms with Gasteiger partial charge in [0.05, 0.1) is 29.8 Å². The monoisotopic (exact) mass is 465 g/mol. The molecular formula is C26H21ClFNO4. The van der Waals surface area contributed by atoms with E-state index in [4.69, 9.17) is 16.3 Å². The lowest BCUT2D eigenvalue weighted by atomic mass is 9.93. The first kappa shape index (κ1) is 21.5. The van der Waals surface area contributed by atoms with E-state index < -0.39 is 11.6 Å². The van der Waals surface area contributed by atoms with E-state index in [2.05, 4.69) is 4.98 Å². The predicted molar refractivity (Wildman–Crippen MR) is 125 cm³/mol. The van der Waals surface area contributed by atoms with Crippen molar-refractivity contribution in [1.29, 1.82) is 0 Å². The molecule has 1 aliphatic carbocycles. The maximum atomic E-state index is 14.2. The van der Waals surface area contributed by atoms with E-state index in [0.29, 0.717) is 21.5 Å². The standard InChI is InChI=1S/C26H21ClFNO4/c1-33-22-7-4-15(10-20(22)28)24(31)23-18-11-17(19(27)12-21(18)29-25(23)32)14-2-5-16(6-3-14)26(13-30)8-9-26/h2-7,10-12,29-30,32H,8-9,13H2,1H3. The van der Waals surface area contributed by atoms with Crippen molar-refractivity contribution in [2.45, 2.75) is 18.3 Å². The third kappa shape index (κ3) is 3.56. The Morgan fingerprint density at radius 2 is 1.88 bits per heavy atom. The topological polar surface area (TPSA) is 82.5 Å². The van der Waals surface area contributed by atoms with Gasteiger partial charge in [0.1, 0.15) is 0 Å². The van der Waals surface area contributed by atoms with Crippen LogP contribution in [0.2, 0.25) is 5.02 Å². The summed E-state index contributed by atoms with van der Waals surface area (Å²) in [6, 6.07) is 15.2. The smallest absolute Gasteiger partial charge is 0.200 e. The predicted octanol–water partition coefficient (Wildman–Crippen LogP) is 5.60. The van der Waals surface area contributed by atoms with E-state index >= 15 is 0 Å². The number of aromatic hydroxyl groups is 1. The van der Waals surface area contributed by atoms with Crippen molar-refractivity contribution in [3.8, 4) is 22.8 Å². The van der Waals surface area contributed by atoms with Crippen molar-refractivity contribution in [3.63, 3.8) is 0 Å². The maximum absolute atomic E-state index is 14.2. The molecule has 1 fully saturated rings. The molecule has 1 aromatic heterocycles. The zero-order valence-electron chi connectivity index (χ0n) is 17.8. The molecule has 1 saturated carbocycles. The first-order valence-electron chi connectivity index (χ1n) is 10.5. The number of ether oxygens (including phenoxy) is 1. The number of aromatic nitrogens is 1. The Balaban J connectivity index is 1.58. The van der Waals surface area contributed by atoms with Crippen LogP contribution in [0, 0.1) is 5.82 Å². The second-order valence-corrected chi connectivity index (χ2v) is 8.83. The number of hydrogen-bond donors (Lipinski definition) is 3. The molecule has 0 amide bonds. The lowest BCUT2D eigenvalue weighted by molar-refractivity contribution is 0.103. The van der Waals surface area contributed by atoms with Gasteiger partial charge in [-0.25, -0.2) is 4.39 Å². The second kappa shape index (κ2) is 7.90. The summed E-state index contributed by atoms with van der Waals surface area (Å²) >= 11 is 6.53. The van der Waals surface area contributed by atoms with Gasteiger partial charge >= 0.3 is 0 Å². The van der Waals surface area contributed by atoms with Crippen molar-refractivity contribution in [2.75, 3.05) is 13.7 Å². The average molecular weight is 466 g/mol. The summed E-state index contributed by atoms with van der Waals surface area (Å²) in [5.41, 5.74) is 3.11. The van der Waals surface area contributed by atoms with E-state index in [-0.39, 0.29) is 34.8 Å². The highest BCUT2D eigenvalue weighted by Crippen LogP contribution is 2.48. The van der Waals surface area contributed by atoms with Gasteiger partial charge in [0, 0.05) is 21.9 Å². The number of aromatic amines is 1. The fourth-order valence-corrected chi connectivity index (χ4v) is 4.57. The van der Waals surface area contributed by atoms with Crippen molar-refractivity contribution < 1.29 is 24.1 Å². The summed E-state index contributed by atoms with van der Waals surface area (Å²) in [5.74, 6) is -1.47. The lowest BCUT2D eigenvalue weighted by Gasteiger charge is -2.13. The van der Waals surface area contributed by atoms with Crippen LogP contribution in [0.5, 0.6) is 11.6 Å². The van der Waals surface area contributed by atoms with Crippen LogP contribution in [0.25, 0.3) is 22.0 Å². The van der Waals surface area contributed by atoms with Gasteiger partial charge in [-0.3, -0.25) is 4.79 Å². The average Bonchev–Trinajstić information content (AvgIpc) is 3.55. The Morgan fingerprint density at radius 3 is 2.48 bits per heavy atom. The molecule has 5 rings (SSSR count). The van der Waals surface area contributed by atoms with Crippen molar-refractivity contribution in [3.05, 3.63) is 82.1 Å². The van der Waals surface area contributed by atoms with Gasteiger partial charge < -0.3 is 19.9 Å². The van der Waals surface area contributed by atoms with Crippen LogP contribution in [0.1, 0.15) is 34.3 Å². The van der Waals surface area contributed by atoms with Crippen LogP contribution in [0.15, 0.2) is 54.6 Å². The van der Waals surface area contributed by atoms with Gasteiger partial charge in [-0.1, -0.05) is 35.9 Å². The minimum atomic E-state index is -0.664. The number of aliphatic hydroxyl groups excluding tert-OH is 1. The molecule has 3 aromatic carbocycles. The van der Waals surface area contributed by atoms with E-state index in [9.17, 15) is 19.4 Å². The Hall–Kier alpha value is -3.35. The third-order valence-electron chi connectivity index (χ3n) is 6.47. The van der Waals surface area contributed by atoms with Gasteiger partial charge in [0.15, 0.2) is 17.3 Å². The quantitative estimate of drug-likeness (QED) is 0.324. The van der Waals surface area contributed by atoms with Gasteiger partial charge in [-0.15, -0.1) is 0 Å². The molecule has 0 spiro atoms. The SMILES string of the molecule is COc1ccc(C(=O)c2c(O)[nH]c3cc(Cl)c(-c4ccc(C5(CO)CC5)cc4)cc23)cc1F. The molecule has 0 unspecified atom stereocenters. The summed E-state index contributed by atoms with van der Waals surface area (Å²) in [7, 11) is 1.34. The Morgan fingerprint density at radius 1 is 1.15 bits per heavy atom. The Bertz CT molecular complexity index is 1390. The molecule has 0 saturated heterocycles. The Labute approximate surface area is 194 Å².